The van der Waals surface area contributed by atoms with Gasteiger partial charge in [0.15, 0.2) is 0 Å². The van der Waals surface area contributed by atoms with E-state index in [0.29, 0.717) is 18.7 Å². The number of ether oxygens (including phenoxy) is 2. The fourth-order valence-electron chi connectivity index (χ4n) is 3.96. The standard InChI is InChI=1S/C24H31N3O3/c28-24(20-8-10-21(11-9-20)30-18-22-6-5-15-29-22)26-17-19-7-12-23(25-16-19)27-13-3-1-2-4-14-27/h7-12,16,22H,1-6,13-15,17-18H2,(H,26,28)/t22-/m0/s1. The van der Waals surface area contributed by atoms with Gasteiger partial charge in [0.1, 0.15) is 18.2 Å². The number of pyridine rings is 1. The zero-order chi connectivity index (χ0) is 20.6. The number of nitrogens with zero attached hydrogens (tertiary/aromatic N) is 2. The number of aromatic nitrogens is 1. The van der Waals surface area contributed by atoms with Crippen molar-refractivity contribution in [3.8, 4) is 5.75 Å². The van der Waals surface area contributed by atoms with Gasteiger partial charge in [-0.1, -0.05) is 18.9 Å². The summed E-state index contributed by atoms with van der Waals surface area (Å²) in [6.45, 7) is 4.01. The molecule has 0 saturated carbocycles. The normalized spacial score (nSPS) is 19.3. The predicted molar refractivity (Wildman–Crippen MR) is 117 cm³/mol. The van der Waals surface area contributed by atoms with Gasteiger partial charge in [-0.15, -0.1) is 0 Å². The summed E-state index contributed by atoms with van der Waals surface area (Å²) in [5.41, 5.74) is 1.62. The minimum Gasteiger partial charge on any atom is -0.491 e. The van der Waals surface area contributed by atoms with Crippen molar-refractivity contribution in [3.05, 3.63) is 53.7 Å². The lowest BCUT2D eigenvalue weighted by atomic mass is 10.2. The third kappa shape index (κ3) is 5.72. The molecule has 2 saturated heterocycles. The number of anilines is 1. The van der Waals surface area contributed by atoms with Crippen molar-refractivity contribution < 1.29 is 14.3 Å². The van der Waals surface area contributed by atoms with Crippen LogP contribution in [0.1, 0.15) is 54.4 Å². The highest BCUT2D eigenvalue weighted by Gasteiger charge is 2.16. The summed E-state index contributed by atoms with van der Waals surface area (Å²) in [6, 6.07) is 11.4. The molecule has 1 aromatic heterocycles. The van der Waals surface area contributed by atoms with E-state index in [9.17, 15) is 4.79 Å². The zero-order valence-corrected chi connectivity index (χ0v) is 17.5. The maximum absolute atomic E-state index is 12.4. The van der Waals surface area contributed by atoms with Crippen molar-refractivity contribution >= 4 is 11.7 Å². The first-order chi connectivity index (χ1) is 14.8. The highest BCUT2D eigenvalue weighted by Crippen LogP contribution is 2.18. The molecule has 0 spiro atoms. The van der Waals surface area contributed by atoms with Gasteiger partial charge in [0.05, 0.1) is 6.10 Å². The molecular weight excluding hydrogens is 378 g/mol. The number of carbonyl (C=O) groups is 1. The monoisotopic (exact) mass is 409 g/mol. The quantitative estimate of drug-likeness (QED) is 0.750. The fraction of sp³-hybridized carbons (Fsp3) is 0.500. The Hall–Kier alpha value is -2.60. The van der Waals surface area contributed by atoms with Gasteiger partial charge in [0.2, 0.25) is 0 Å². The molecule has 0 bridgehead atoms. The summed E-state index contributed by atoms with van der Waals surface area (Å²) < 4.78 is 11.3. The number of hydrogen-bond donors (Lipinski definition) is 1. The smallest absolute Gasteiger partial charge is 0.251 e. The fourth-order valence-corrected chi connectivity index (χ4v) is 3.96. The molecule has 2 aliphatic rings. The lowest BCUT2D eigenvalue weighted by Crippen LogP contribution is -2.25. The maximum atomic E-state index is 12.4. The van der Waals surface area contributed by atoms with E-state index >= 15 is 0 Å². The van der Waals surface area contributed by atoms with Gasteiger partial charge in [-0.3, -0.25) is 4.79 Å². The summed E-state index contributed by atoms with van der Waals surface area (Å²) in [4.78, 5) is 19.4. The third-order valence-electron chi connectivity index (χ3n) is 5.77. The summed E-state index contributed by atoms with van der Waals surface area (Å²) in [7, 11) is 0. The van der Waals surface area contributed by atoms with Crippen LogP contribution in [0.3, 0.4) is 0 Å². The highest BCUT2D eigenvalue weighted by molar-refractivity contribution is 5.94. The molecule has 1 amide bonds. The average Bonchev–Trinajstić information content (AvgIpc) is 3.17. The van der Waals surface area contributed by atoms with Crippen molar-refractivity contribution in [1.82, 2.24) is 10.3 Å². The van der Waals surface area contributed by atoms with Crippen LogP contribution in [-0.4, -0.2) is 43.3 Å². The second-order valence-corrected chi connectivity index (χ2v) is 8.08. The first-order valence-corrected chi connectivity index (χ1v) is 11.1. The van der Waals surface area contributed by atoms with Gasteiger partial charge in [0.25, 0.3) is 5.91 Å². The van der Waals surface area contributed by atoms with Crippen LogP contribution >= 0.6 is 0 Å². The molecular formula is C24H31N3O3. The van der Waals surface area contributed by atoms with E-state index in [0.717, 1.165) is 49.7 Å². The third-order valence-corrected chi connectivity index (χ3v) is 5.77. The lowest BCUT2D eigenvalue weighted by Gasteiger charge is -2.21. The number of amides is 1. The van der Waals surface area contributed by atoms with Gasteiger partial charge in [-0.2, -0.15) is 0 Å². The predicted octanol–water partition coefficient (Wildman–Crippen LogP) is 3.95. The van der Waals surface area contributed by atoms with Crippen molar-refractivity contribution in [2.75, 3.05) is 31.2 Å². The Kier molecular flexibility index (Phi) is 7.19. The minimum atomic E-state index is -0.0997. The Morgan fingerprint density at radius 3 is 2.53 bits per heavy atom. The molecule has 0 aliphatic carbocycles. The van der Waals surface area contributed by atoms with Crippen LogP contribution in [-0.2, 0) is 11.3 Å². The molecule has 6 nitrogen and oxygen atoms in total. The van der Waals surface area contributed by atoms with E-state index in [1.54, 1.807) is 12.1 Å². The first-order valence-electron chi connectivity index (χ1n) is 11.1. The SMILES string of the molecule is O=C(NCc1ccc(N2CCCCCC2)nc1)c1ccc(OC[C@@H]2CCCO2)cc1. The van der Waals surface area contributed by atoms with E-state index in [1.165, 1.54) is 25.7 Å². The minimum absolute atomic E-state index is 0.0997. The van der Waals surface area contributed by atoms with Crippen molar-refractivity contribution in [2.45, 2.75) is 51.2 Å². The Labute approximate surface area is 178 Å². The van der Waals surface area contributed by atoms with Crippen molar-refractivity contribution in [2.24, 2.45) is 0 Å². The number of benzene rings is 1. The van der Waals surface area contributed by atoms with Crippen LogP contribution in [0.15, 0.2) is 42.6 Å². The highest BCUT2D eigenvalue weighted by atomic mass is 16.5. The Bertz CT molecular complexity index is 793. The van der Waals surface area contributed by atoms with Crippen LogP contribution in [0.2, 0.25) is 0 Å². The number of nitrogens with one attached hydrogen (secondary N) is 1. The van der Waals surface area contributed by atoms with Crippen molar-refractivity contribution in [3.63, 3.8) is 0 Å². The lowest BCUT2D eigenvalue weighted by molar-refractivity contribution is 0.0679. The Balaban J connectivity index is 1.24. The average molecular weight is 410 g/mol. The van der Waals surface area contributed by atoms with E-state index in [-0.39, 0.29) is 12.0 Å². The number of rotatable bonds is 7. The molecule has 1 atom stereocenters. The molecule has 4 rings (SSSR count). The van der Waals surface area contributed by atoms with E-state index in [2.05, 4.69) is 27.3 Å². The summed E-state index contributed by atoms with van der Waals surface area (Å²) in [6.07, 6.45) is 9.29. The number of hydrogen-bond acceptors (Lipinski definition) is 5. The molecule has 160 valence electrons. The molecule has 1 aromatic carbocycles. The van der Waals surface area contributed by atoms with Gasteiger partial charge in [-0.05, 0) is 61.6 Å². The van der Waals surface area contributed by atoms with Crippen LogP contribution in [0.25, 0.3) is 0 Å². The molecule has 0 unspecified atom stereocenters. The van der Waals surface area contributed by atoms with Crippen molar-refractivity contribution in [1.29, 1.82) is 0 Å². The van der Waals surface area contributed by atoms with Gasteiger partial charge < -0.3 is 19.7 Å². The molecule has 30 heavy (non-hydrogen) atoms. The molecule has 3 heterocycles. The Morgan fingerprint density at radius 1 is 1.07 bits per heavy atom. The molecule has 2 aromatic rings. The number of carbonyl (C=O) groups excluding carboxylic acids is 1. The van der Waals surface area contributed by atoms with Crippen LogP contribution < -0.4 is 15.0 Å². The van der Waals surface area contributed by atoms with E-state index in [1.807, 2.05) is 18.3 Å². The molecule has 2 aliphatic heterocycles. The van der Waals surface area contributed by atoms with E-state index < -0.39 is 0 Å². The van der Waals surface area contributed by atoms with Gasteiger partial charge >= 0.3 is 0 Å². The largest absolute Gasteiger partial charge is 0.491 e. The summed E-state index contributed by atoms with van der Waals surface area (Å²) in [5, 5.41) is 2.97. The second-order valence-electron chi connectivity index (χ2n) is 8.08. The summed E-state index contributed by atoms with van der Waals surface area (Å²) in [5.74, 6) is 1.69. The van der Waals surface area contributed by atoms with Gasteiger partial charge in [-0.25, -0.2) is 4.98 Å². The summed E-state index contributed by atoms with van der Waals surface area (Å²) >= 11 is 0. The van der Waals surface area contributed by atoms with Crippen LogP contribution in [0.4, 0.5) is 5.82 Å². The maximum Gasteiger partial charge on any atom is 0.251 e. The Morgan fingerprint density at radius 2 is 1.87 bits per heavy atom. The zero-order valence-electron chi connectivity index (χ0n) is 17.5. The van der Waals surface area contributed by atoms with E-state index in [4.69, 9.17) is 9.47 Å². The van der Waals surface area contributed by atoms with Crippen LogP contribution in [0, 0.1) is 0 Å². The molecule has 2 fully saturated rings. The molecule has 6 heteroatoms. The first kappa shape index (κ1) is 20.7. The topological polar surface area (TPSA) is 63.7 Å². The second kappa shape index (κ2) is 10.4. The molecule has 1 N–H and O–H groups in total. The van der Waals surface area contributed by atoms with Crippen LogP contribution in [0.5, 0.6) is 5.75 Å². The molecule has 0 radical (unpaired) electrons. The van der Waals surface area contributed by atoms with Gasteiger partial charge in [0, 0.05) is 38.0 Å².